The summed E-state index contributed by atoms with van der Waals surface area (Å²) in [5.41, 5.74) is 1.64. The highest BCUT2D eigenvalue weighted by molar-refractivity contribution is 7.16. The number of carbonyl (C=O) groups is 1. The Morgan fingerprint density at radius 1 is 1.42 bits per heavy atom. The van der Waals surface area contributed by atoms with Gasteiger partial charge in [0.25, 0.3) is 0 Å². The van der Waals surface area contributed by atoms with E-state index in [9.17, 15) is 9.18 Å². The van der Waals surface area contributed by atoms with Crippen LogP contribution in [0.2, 0.25) is 0 Å². The second-order valence-corrected chi connectivity index (χ2v) is 7.30. The molecular formula is C18H21FN2O2S. The summed E-state index contributed by atoms with van der Waals surface area (Å²) in [5.74, 6) is 0.198. The van der Waals surface area contributed by atoms with Gasteiger partial charge in [-0.2, -0.15) is 0 Å². The molecule has 1 amide bonds. The third-order valence-electron chi connectivity index (χ3n) is 4.19. The second-order valence-electron chi connectivity index (χ2n) is 6.10. The highest BCUT2D eigenvalue weighted by Gasteiger charge is 2.16. The molecule has 0 spiro atoms. The highest BCUT2D eigenvalue weighted by atomic mass is 32.1. The van der Waals surface area contributed by atoms with Crippen molar-refractivity contribution in [3.8, 4) is 11.3 Å². The zero-order chi connectivity index (χ0) is 16.9. The van der Waals surface area contributed by atoms with Gasteiger partial charge in [0, 0.05) is 30.1 Å². The first kappa shape index (κ1) is 17.0. The number of hydrogen-bond acceptors (Lipinski definition) is 4. The van der Waals surface area contributed by atoms with E-state index in [1.54, 1.807) is 12.1 Å². The third-order valence-corrected chi connectivity index (χ3v) is 5.08. The summed E-state index contributed by atoms with van der Waals surface area (Å²) >= 11 is 1.44. The predicted octanol–water partition coefficient (Wildman–Crippen LogP) is 4.40. The van der Waals surface area contributed by atoms with Gasteiger partial charge in [0.2, 0.25) is 5.91 Å². The van der Waals surface area contributed by atoms with Gasteiger partial charge < -0.3 is 10.1 Å². The lowest BCUT2D eigenvalue weighted by atomic mass is 9.97. The molecule has 128 valence electrons. The van der Waals surface area contributed by atoms with Gasteiger partial charge in [-0.25, -0.2) is 9.37 Å². The topological polar surface area (TPSA) is 51.2 Å². The molecule has 0 saturated carbocycles. The molecular weight excluding hydrogens is 327 g/mol. The SMILES string of the molecule is Cc1sc(NC(=O)CCC2CCCOC2)nc1-c1ccc(F)cc1. The monoisotopic (exact) mass is 348 g/mol. The number of ether oxygens (including phenoxy) is 1. The number of rotatable bonds is 5. The second kappa shape index (κ2) is 7.85. The molecule has 0 radical (unpaired) electrons. The lowest BCUT2D eigenvalue weighted by Gasteiger charge is -2.21. The van der Waals surface area contributed by atoms with E-state index in [2.05, 4.69) is 10.3 Å². The van der Waals surface area contributed by atoms with Crippen LogP contribution >= 0.6 is 11.3 Å². The number of halogens is 1. The minimum absolute atomic E-state index is 0.0139. The number of nitrogens with one attached hydrogen (secondary N) is 1. The molecule has 1 saturated heterocycles. The van der Waals surface area contributed by atoms with Crippen molar-refractivity contribution in [3.63, 3.8) is 0 Å². The van der Waals surface area contributed by atoms with Crippen LogP contribution in [0, 0.1) is 18.7 Å². The number of aromatic nitrogens is 1. The molecule has 6 heteroatoms. The molecule has 1 unspecified atom stereocenters. The van der Waals surface area contributed by atoms with E-state index in [1.807, 2.05) is 6.92 Å². The molecule has 1 fully saturated rings. The lowest BCUT2D eigenvalue weighted by molar-refractivity contribution is -0.116. The Labute approximate surface area is 145 Å². The summed E-state index contributed by atoms with van der Waals surface area (Å²) < 4.78 is 18.5. The minimum atomic E-state index is -0.271. The largest absolute Gasteiger partial charge is 0.381 e. The summed E-state index contributed by atoms with van der Waals surface area (Å²) in [5, 5.41) is 3.47. The molecule has 1 N–H and O–H groups in total. The Bertz CT molecular complexity index is 694. The van der Waals surface area contributed by atoms with E-state index >= 15 is 0 Å². The summed E-state index contributed by atoms with van der Waals surface area (Å²) in [7, 11) is 0. The molecule has 2 aromatic rings. The molecule has 0 bridgehead atoms. The Kier molecular flexibility index (Phi) is 5.58. The van der Waals surface area contributed by atoms with E-state index in [-0.39, 0.29) is 11.7 Å². The summed E-state index contributed by atoms with van der Waals surface area (Å²) in [6.07, 6.45) is 3.55. The van der Waals surface area contributed by atoms with Crippen molar-refractivity contribution in [1.29, 1.82) is 0 Å². The van der Waals surface area contributed by atoms with Crippen LogP contribution in [0.25, 0.3) is 11.3 Å². The summed E-state index contributed by atoms with van der Waals surface area (Å²) in [4.78, 5) is 17.6. The van der Waals surface area contributed by atoms with Crippen molar-refractivity contribution < 1.29 is 13.9 Å². The van der Waals surface area contributed by atoms with Crippen LogP contribution in [-0.2, 0) is 9.53 Å². The molecule has 2 heterocycles. The Morgan fingerprint density at radius 2 is 2.21 bits per heavy atom. The van der Waals surface area contributed by atoms with Gasteiger partial charge in [-0.1, -0.05) is 0 Å². The van der Waals surface area contributed by atoms with Gasteiger partial charge in [0.15, 0.2) is 5.13 Å². The van der Waals surface area contributed by atoms with Crippen molar-refractivity contribution in [1.82, 2.24) is 4.98 Å². The molecule has 1 aromatic heterocycles. The Balaban J connectivity index is 1.58. The predicted molar refractivity (Wildman–Crippen MR) is 93.7 cm³/mol. The van der Waals surface area contributed by atoms with Crippen LogP contribution in [-0.4, -0.2) is 24.1 Å². The quantitative estimate of drug-likeness (QED) is 0.871. The first-order valence-corrected chi connectivity index (χ1v) is 9.04. The van der Waals surface area contributed by atoms with E-state index in [0.29, 0.717) is 17.5 Å². The standard InChI is InChI=1S/C18H21FN2O2S/c1-12-17(14-5-7-15(19)8-6-14)21-18(24-12)20-16(22)9-4-13-3-2-10-23-11-13/h5-8,13H,2-4,9-11H2,1H3,(H,20,21,22). The third kappa shape index (κ3) is 4.39. The van der Waals surface area contributed by atoms with Gasteiger partial charge in [-0.3, -0.25) is 4.79 Å². The van der Waals surface area contributed by atoms with E-state index in [4.69, 9.17) is 4.74 Å². The van der Waals surface area contributed by atoms with Gasteiger partial charge in [-0.05, 0) is 56.4 Å². The van der Waals surface area contributed by atoms with Crippen molar-refractivity contribution in [2.45, 2.75) is 32.6 Å². The van der Waals surface area contributed by atoms with Crippen molar-refractivity contribution >= 4 is 22.4 Å². The number of benzene rings is 1. The molecule has 1 aliphatic heterocycles. The fourth-order valence-electron chi connectivity index (χ4n) is 2.88. The summed E-state index contributed by atoms with van der Waals surface area (Å²) in [6.45, 7) is 3.55. The number of thiazole rings is 1. The summed E-state index contributed by atoms with van der Waals surface area (Å²) in [6, 6.07) is 6.23. The first-order valence-electron chi connectivity index (χ1n) is 8.23. The van der Waals surface area contributed by atoms with Crippen LogP contribution < -0.4 is 5.32 Å². The fourth-order valence-corrected chi connectivity index (χ4v) is 3.73. The average molecular weight is 348 g/mol. The maximum atomic E-state index is 13.0. The zero-order valence-corrected chi connectivity index (χ0v) is 14.5. The van der Waals surface area contributed by atoms with Crippen molar-refractivity contribution in [2.75, 3.05) is 18.5 Å². The number of hydrogen-bond donors (Lipinski definition) is 1. The highest BCUT2D eigenvalue weighted by Crippen LogP contribution is 2.30. The molecule has 1 aliphatic rings. The first-order chi connectivity index (χ1) is 11.6. The molecule has 3 rings (SSSR count). The Hall–Kier alpha value is -1.79. The van der Waals surface area contributed by atoms with Gasteiger partial charge in [0.05, 0.1) is 5.69 Å². The number of carbonyl (C=O) groups excluding carboxylic acids is 1. The van der Waals surface area contributed by atoms with E-state index < -0.39 is 0 Å². The Morgan fingerprint density at radius 3 is 2.92 bits per heavy atom. The van der Waals surface area contributed by atoms with Crippen LogP contribution in [0.1, 0.15) is 30.6 Å². The molecule has 24 heavy (non-hydrogen) atoms. The maximum Gasteiger partial charge on any atom is 0.226 e. The average Bonchev–Trinajstić information content (AvgIpc) is 2.95. The number of anilines is 1. The smallest absolute Gasteiger partial charge is 0.226 e. The zero-order valence-electron chi connectivity index (χ0n) is 13.7. The van der Waals surface area contributed by atoms with Gasteiger partial charge >= 0.3 is 0 Å². The number of amides is 1. The molecule has 1 atom stereocenters. The molecule has 0 aliphatic carbocycles. The van der Waals surface area contributed by atoms with Crippen LogP contribution in [0.5, 0.6) is 0 Å². The van der Waals surface area contributed by atoms with Crippen LogP contribution in [0.4, 0.5) is 9.52 Å². The molecule has 4 nitrogen and oxygen atoms in total. The maximum absolute atomic E-state index is 13.0. The fraction of sp³-hybridized carbons (Fsp3) is 0.444. The van der Waals surface area contributed by atoms with E-state index in [0.717, 1.165) is 48.6 Å². The lowest BCUT2D eigenvalue weighted by Crippen LogP contribution is -2.20. The van der Waals surface area contributed by atoms with Crippen molar-refractivity contribution in [3.05, 3.63) is 35.0 Å². The number of aryl methyl sites for hydroxylation is 1. The molecule has 1 aromatic carbocycles. The number of nitrogens with zero attached hydrogens (tertiary/aromatic N) is 1. The van der Waals surface area contributed by atoms with Crippen LogP contribution in [0.15, 0.2) is 24.3 Å². The van der Waals surface area contributed by atoms with Crippen molar-refractivity contribution in [2.24, 2.45) is 5.92 Å². The van der Waals surface area contributed by atoms with Gasteiger partial charge in [-0.15, -0.1) is 11.3 Å². The van der Waals surface area contributed by atoms with E-state index in [1.165, 1.54) is 23.5 Å². The van der Waals surface area contributed by atoms with Gasteiger partial charge in [0.1, 0.15) is 5.82 Å². The van der Waals surface area contributed by atoms with Crippen LogP contribution in [0.3, 0.4) is 0 Å². The normalized spacial score (nSPS) is 17.7. The minimum Gasteiger partial charge on any atom is -0.381 e.